The van der Waals surface area contributed by atoms with E-state index in [4.69, 9.17) is 4.42 Å². The van der Waals surface area contributed by atoms with E-state index < -0.39 is 0 Å². The van der Waals surface area contributed by atoms with Crippen LogP contribution in [0.1, 0.15) is 0 Å². The lowest BCUT2D eigenvalue weighted by atomic mass is 9.90. The second kappa shape index (κ2) is 9.86. The van der Waals surface area contributed by atoms with Crippen molar-refractivity contribution in [1.29, 1.82) is 0 Å². The van der Waals surface area contributed by atoms with Gasteiger partial charge in [-0.25, -0.2) is 0 Å². The summed E-state index contributed by atoms with van der Waals surface area (Å²) in [6.07, 6.45) is 0. The number of hydrogen-bond donors (Lipinski definition) is 0. The number of furan rings is 1. The third-order valence-corrected chi connectivity index (χ3v) is 8.83. The van der Waals surface area contributed by atoms with Crippen LogP contribution in [0, 0.1) is 0 Å². The Morgan fingerprint density at radius 2 is 0.864 bits per heavy atom. The Labute approximate surface area is 255 Å². The quantitative estimate of drug-likeness (QED) is 0.199. The number of nitrogens with zero attached hydrogens (tertiary/aromatic N) is 1. The van der Waals surface area contributed by atoms with Crippen molar-refractivity contribution >= 4 is 71.3 Å². The van der Waals surface area contributed by atoms with Crippen molar-refractivity contribution in [2.75, 3.05) is 4.90 Å². The van der Waals surface area contributed by atoms with Gasteiger partial charge in [0.1, 0.15) is 11.2 Å². The Morgan fingerprint density at radius 1 is 0.318 bits per heavy atom. The van der Waals surface area contributed by atoms with Gasteiger partial charge in [0.2, 0.25) is 0 Å². The van der Waals surface area contributed by atoms with Crippen molar-refractivity contribution in [2.45, 2.75) is 0 Å². The molecule has 0 fully saturated rings. The normalized spacial score (nSPS) is 11.6. The van der Waals surface area contributed by atoms with Crippen LogP contribution in [-0.2, 0) is 0 Å². The van der Waals surface area contributed by atoms with Crippen molar-refractivity contribution in [3.8, 4) is 11.1 Å². The zero-order chi connectivity index (χ0) is 29.0. The van der Waals surface area contributed by atoms with Crippen molar-refractivity contribution in [3.63, 3.8) is 0 Å². The van der Waals surface area contributed by atoms with Crippen molar-refractivity contribution in [2.24, 2.45) is 0 Å². The lowest BCUT2D eigenvalue weighted by Crippen LogP contribution is -2.10. The molecule has 0 radical (unpaired) electrons. The van der Waals surface area contributed by atoms with E-state index in [1.807, 2.05) is 6.07 Å². The van der Waals surface area contributed by atoms with Crippen LogP contribution in [0.15, 0.2) is 168 Å². The van der Waals surface area contributed by atoms with Gasteiger partial charge in [-0.05, 0) is 81.2 Å². The summed E-state index contributed by atoms with van der Waals surface area (Å²) < 4.78 is 6.33. The molecule has 0 N–H and O–H groups in total. The zero-order valence-corrected chi connectivity index (χ0v) is 23.9. The van der Waals surface area contributed by atoms with Crippen LogP contribution in [0.2, 0.25) is 0 Å². The van der Waals surface area contributed by atoms with Crippen LogP contribution >= 0.6 is 0 Å². The first-order chi connectivity index (χ1) is 21.8. The minimum atomic E-state index is 0.919. The topological polar surface area (TPSA) is 16.4 Å². The standard InChI is InChI=1S/C42H27NO/c1-3-12-28(13-4-1)29-22-24-31(25-23-29)43(30-14-5-2-6-15-30)37-20-11-19-33-35-26-27-39-42(36-18-9-10-21-38(36)44-39)41(35)34-17-8-7-16-32(34)40(33)37/h1-27H. The molecule has 1 aromatic heterocycles. The average molecular weight is 562 g/mol. The van der Waals surface area contributed by atoms with E-state index in [2.05, 4.69) is 163 Å². The van der Waals surface area contributed by atoms with Gasteiger partial charge in [0.05, 0.1) is 5.69 Å². The van der Waals surface area contributed by atoms with Crippen LogP contribution < -0.4 is 4.90 Å². The van der Waals surface area contributed by atoms with Crippen LogP contribution in [0.4, 0.5) is 17.1 Å². The Kier molecular flexibility index (Phi) is 5.54. The van der Waals surface area contributed by atoms with E-state index >= 15 is 0 Å². The molecule has 0 amide bonds. The molecule has 2 nitrogen and oxygen atoms in total. The molecule has 0 saturated carbocycles. The van der Waals surface area contributed by atoms with Crippen LogP contribution in [0.3, 0.4) is 0 Å². The third-order valence-electron chi connectivity index (χ3n) is 8.83. The molecule has 0 aliphatic carbocycles. The highest BCUT2D eigenvalue weighted by Gasteiger charge is 2.21. The highest BCUT2D eigenvalue weighted by Crippen LogP contribution is 2.47. The number of hydrogen-bond acceptors (Lipinski definition) is 2. The fourth-order valence-electron chi connectivity index (χ4n) is 6.91. The summed E-state index contributed by atoms with van der Waals surface area (Å²) in [4.78, 5) is 2.39. The van der Waals surface area contributed by atoms with Gasteiger partial charge < -0.3 is 9.32 Å². The molecule has 0 unspecified atom stereocenters. The summed E-state index contributed by atoms with van der Waals surface area (Å²) >= 11 is 0. The summed E-state index contributed by atoms with van der Waals surface area (Å²) in [6, 6.07) is 58.4. The number of rotatable bonds is 4. The molecule has 9 rings (SSSR count). The molecule has 0 aliphatic heterocycles. The van der Waals surface area contributed by atoms with Crippen molar-refractivity contribution in [1.82, 2.24) is 0 Å². The summed E-state index contributed by atoms with van der Waals surface area (Å²) in [5, 5.41) is 9.72. The van der Waals surface area contributed by atoms with Crippen LogP contribution in [0.5, 0.6) is 0 Å². The molecule has 0 spiro atoms. The Hall–Kier alpha value is -5.86. The molecule has 44 heavy (non-hydrogen) atoms. The van der Waals surface area contributed by atoms with E-state index in [0.717, 1.165) is 33.6 Å². The molecule has 0 saturated heterocycles. The highest BCUT2D eigenvalue weighted by molar-refractivity contribution is 6.36. The molecule has 0 bridgehead atoms. The fraction of sp³-hybridized carbons (Fsp3) is 0. The number of benzene rings is 8. The zero-order valence-electron chi connectivity index (χ0n) is 23.9. The van der Waals surface area contributed by atoms with Gasteiger partial charge in [0, 0.05) is 32.9 Å². The van der Waals surface area contributed by atoms with Gasteiger partial charge >= 0.3 is 0 Å². The smallest absolute Gasteiger partial charge is 0.136 e. The largest absolute Gasteiger partial charge is 0.456 e. The molecule has 9 aromatic rings. The van der Waals surface area contributed by atoms with Crippen LogP contribution in [-0.4, -0.2) is 0 Å². The lowest BCUT2D eigenvalue weighted by molar-refractivity contribution is 0.669. The predicted octanol–water partition coefficient (Wildman–Crippen LogP) is 12.2. The number of para-hydroxylation sites is 2. The van der Waals surface area contributed by atoms with Gasteiger partial charge in [-0.3, -0.25) is 0 Å². The maximum absolute atomic E-state index is 6.33. The highest BCUT2D eigenvalue weighted by atomic mass is 16.3. The second-order valence-corrected chi connectivity index (χ2v) is 11.3. The Morgan fingerprint density at radius 3 is 1.61 bits per heavy atom. The molecule has 1 heterocycles. The molecule has 2 heteroatoms. The van der Waals surface area contributed by atoms with Crippen molar-refractivity contribution in [3.05, 3.63) is 164 Å². The number of fused-ring (bicyclic) bond motifs is 10. The molecule has 8 aromatic carbocycles. The van der Waals surface area contributed by atoms with E-state index in [1.54, 1.807) is 0 Å². The minimum absolute atomic E-state index is 0.919. The molecule has 206 valence electrons. The summed E-state index contributed by atoms with van der Waals surface area (Å²) in [5.41, 5.74) is 7.64. The minimum Gasteiger partial charge on any atom is -0.456 e. The van der Waals surface area contributed by atoms with E-state index in [-0.39, 0.29) is 0 Å². The Bertz CT molecular complexity index is 2450. The molecule has 0 atom stereocenters. The predicted molar refractivity (Wildman–Crippen MR) is 186 cm³/mol. The number of anilines is 3. The van der Waals surface area contributed by atoms with Crippen molar-refractivity contribution < 1.29 is 4.42 Å². The second-order valence-electron chi connectivity index (χ2n) is 11.3. The molecular weight excluding hydrogens is 534 g/mol. The molecular formula is C42H27NO. The molecule has 0 aliphatic rings. The van der Waals surface area contributed by atoms with Gasteiger partial charge in [-0.15, -0.1) is 0 Å². The first-order valence-corrected chi connectivity index (χ1v) is 15.0. The van der Waals surface area contributed by atoms with Gasteiger partial charge in [0.25, 0.3) is 0 Å². The summed E-state index contributed by atoms with van der Waals surface area (Å²) in [7, 11) is 0. The van der Waals surface area contributed by atoms with Gasteiger partial charge in [-0.2, -0.15) is 0 Å². The van der Waals surface area contributed by atoms with E-state index in [0.29, 0.717) is 0 Å². The first-order valence-electron chi connectivity index (χ1n) is 15.0. The first kappa shape index (κ1) is 24.7. The summed E-state index contributed by atoms with van der Waals surface area (Å²) in [6.45, 7) is 0. The van der Waals surface area contributed by atoms with E-state index in [1.165, 1.54) is 48.8 Å². The van der Waals surface area contributed by atoms with Crippen LogP contribution in [0.25, 0.3) is 65.4 Å². The maximum Gasteiger partial charge on any atom is 0.136 e. The SMILES string of the molecule is c1ccc(-c2ccc(N(c3ccccc3)c3cccc4c5ccc6oc7ccccc7c6c5c5ccccc5c34)cc2)cc1. The van der Waals surface area contributed by atoms with E-state index in [9.17, 15) is 0 Å². The van der Waals surface area contributed by atoms with Gasteiger partial charge in [0.15, 0.2) is 0 Å². The average Bonchev–Trinajstić information content (AvgIpc) is 3.48. The Balaban J connectivity index is 1.37. The maximum atomic E-state index is 6.33. The fourth-order valence-corrected chi connectivity index (χ4v) is 6.91. The van der Waals surface area contributed by atoms with Gasteiger partial charge in [-0.1, -0.05) is 115 Å². The summed E-state index contributed by atoms with van der Waals surface area (Å²) in [5.74, 6) is 0. The lowest BCUT2D eigenvalue weighted by Gasteiger charge is -2.28. The third kappa shape index (κ3) is 3.75. The monoisotopic (exact) mass is 561 g/mol.